The highest BCUT2D eigenvalue weighted by Crippen LogP contribution is 2.21. The monoisotopic (exact) mass is 289 g/mol. The van der Waals surface area contributed by atoms with Gasteiger partial charge in [-0.1, -0.05) is 18.2 Å². The van der Waals surface area contributed by atoms with Crippen LogP contribution in [0.2, 0.25) is 0 Å². The molecule has 0 amide bonds. The van der Waals surface area contributed by atoms with E-state index in [0.717, 1.165) is 0 Å². The third-order valence-corrected chi connectivity index (χ3v) is 2.79. The number of nitrogens with zero attached hydrogens (tertiary/aromatic N) is 1. The quantitative estimate of drug-likeness (QED) is 0.624. The first kappa shape index (κ1) is 14.6. The van der Waals surface area contributed by atoms with E-state index in [1.807, 2.05) is 0 Å². The number of pyridine rings is 1. The summed E-state index contributed by atoms with van der Waals surface area (Å²) in [5.74, 6) is -1.24. The van der Waals surface area contributed by atoms with Crippen LogP contribution in [0.1, 0.15) is 26.3 Å². The third kappa shape index (κ3) is 3.22. The highest BCUT2D eigenvalue weighted by molar-refractivity contribution is 6.00. The summed E-state index contributed by atoms with van der Waals surface area (Å²) in [6, 6.07) is 7.45. The first-order chi connectivity index (χ1) is 10.2. The number of hydrogen-bond donors (Lipinski definition) is 0. The van der Waals surface area contributed by atoms with Crippen molar-refractivity contribution in [2.75, 3.05) is 7.11 Å². The molecule has 0 aliphatic rings. The molecule has 2 aromatic rings. The van der Waals surface area contributed by atoms with Crippen molar-refractivity contribution in [3.8, 4) is 5.88 Å². The predicted octanol–water partition coefficient (Wildman–Crippen LogP) is 2.40. The van der Waals surface area contributed by atoms with Gasteiger partial charge in [-0.25, -0.2) is 14.2 Å². The average molecular weight is 289 g/mol. The van der Waals surface area contributed by atoms with Crippen molar-refractivity contribution in [3.05, 3.63) is 59.0 Å². The topological polar surface area (TPSA) is 65.5 Å². The molecule has 1 aromatic carbocycles. The molecule has 1 aromatic heterocycles. The van der Waals surface area contributed by atoms with Gasteiger partial charge in [0.25, 0.3) is 0 Å². The molecule has 0 aliphatic heterocycles. The summed E-state index contributed by atoms with van der Waals surface area (Å²) >= 11 is 0. The lowest BCUT2D eigenvalue weighted by Crippen LogP contribution is -2.11. The zero-order chi connectivity index (χ0) is 15.2. The molecule has 0 unspecified atom stereocenters. The SMILES string of the molecule is COC(=O)c1c(C=O)ccnc1OCc1ccccc1F. The predicted molar refractivity (Wildman–Crippen MR) is 71.7 cm³/mol. The second-order valence-electron chi connectivity index (χ2n) is 4.07. The maximum atomic E-state index is 13.5. The standard InChI is InChI=1S/C15H12FNO4/c1-20-15(19)13-10(8-18)6-7-17-14(13)21-9-11-4-2-3-5-12(11)16/h2-8H,9H2,1H3. The lowest BCUT2D eigenvalue weighted by atomic mass is 10.1. The molecular weight excluding hydrogens is 277 g/mol. The Morgan fingerprint density at radius 2 is 2.10 bits per heavy atom. The van der Waals surface area contributed by atoms with Crippen LogP contribution in [0.4, 0.5) is 4.39 Å². The summed E-state index contributed by atoms with van der Waals surface area (Å²) in [4.78, 5) is 26.6. The van der Waals surface area contributed by atoms with Crippen molar-refractivity contribution in [1.29, 1.82) is 0 Å². The Bertz CT molecular complexity index is 672. The van der Waals surface area contributed by atoms with E-state index in [1.54, 1.807) is 18.2 Å². The number of aldehydes is 1. The molecule has 0 saturated carbocycles. The number of aromatic nitrogens is 1. The minimum absolute atomic E-state index is 0.0743. The van der Waals surface area contributed by atoms with Gasteiger partial charge in [-0.2, -0.15) is 0 Å². The van der Waals surface area contributed by atoms with Crippen LogP contribution in [0.15, 0.2) is 36.5 Å². The number of rotatable bonds is 5. The van der Waals surface area contributed by atoms with E-state index in [0.29, 0.717) is 11.8 Å². The van der Waals surface area contributed by atoms with Gasteiger partial charge in [0.2, 0.25) is 5.88 Å². The Morgan fingerprint density at radius 1 is 1.33 bits per heavy atom. The van der Waals surface area contributed by atoms with E-state index in [-0.39, 0.29) is 23.6 Å². The smallest absolute Gasteiger partial charge is 0.344 e. The summed E-state index contributed by atoms with van der Waals surface area (Å²) in [6.07, 6.45) is 1.83. The zero-order valence-electron chi connectivity index (χ0n) is 11.2. The van der Waals surface area contributed by atoms with Crippen LogP contribution in [-0.4, -0.2) is 24.3 Å². The highest BCUT2D eigenvalue weighted by atomic mass is 19.1. The fraction of sp³-hybridized carbons (Fsp3) is 0.133. The number of carbonyl (C=O) groups is 2. The number of benzene rings is 1. The minimum atomic E-state index is -0.742. The number of hydrogen-bond acceptors (Lipinski definition) is 5. The molecule has 0 saturated heterocycles. The van der Waals surface area contributed by atoms with Crippen LogP contribution >= 0.6 is 0 Å². The molecule has 2 rings (SSSR count). The molecule has 0 aliphatic carbocycles. The Hall–Kier alpha value is -2.76. The maximum absolute atomic E-state index is 13.5. The maximum Gasteiger partial charge on any atom is 0.344 e. The van der Waals surface area contributed by atoms with Gasteiger partial charge in [-0.15, -0.1) is 0 Å². The number of methoxy groups -OCH3 is 1. The van der Waals surface area contributed by atoms with Crippen LogP contribution in [0.5, 0.6) is 5.88 Å². The molecule has 0 spiro atoms. The second kappa shape index (κ2) is 6.60. The lowest BCUT2D eigenvalue weighted by molar-refractivity contribution is 0.0591. The minimum Gasteiger partial charge on any atom is -0.472 e. The average Bonchev–Trinajstić information content (AvgIpc) is 2.53. The van der Waals surface area contributed by atoms with Crippen LogP contribution in [0.25, 0.3) is 0 Å². The van der Waals surface area contributed by atoms with Crippen molar-refractivity contribution in [1.82, 2.24) is 4.98 Å². The number of esters is 1. The normalized spacial score (nSPS) is 10.0. The second-order valence-corrected chi connectivity index (χ2v) is 4.07. The fourth-order valence-electron chi connectivity index (χ4n) is 1.73. The lowest BCUT2D eigenvalue weighted by Gasteiger charge is -2.11. The number of ether oxygens (including phenoxy) is 2. The zero-order valence-corrected chi connectivity index (χ0v) is 11.2. The van der Waals surface area contributed by atoms with Crippen molar-refractivity contribution in [3.63, 3.8) is 0 Å². The van der Waals surface area contributed by atoms with E-state index in [9.17, 15) is 14.0 Å². The molecule has 21 heavy (non-hydrogen) atoms. The largest absolute Gasteiger partial charge is 0.472 e. The van der Waals surface area contributed by atoms with Gasteiger partial charge in [0.05, 0.1) is 7.11 Å². The van der Waals surface area contributed by atoms with Gasteiger partial charge >= 0.3 is 5.97 Å². The molecule has 0 atom stereocenters. The molecule has 6 heteroatoms. The summed E-state index contributed by atoms with van der Waals surface area (Å²) < 4.78 is 23.5. The fourth-order valence-corrected chi connectivity index (χ4v) is 1.73. The summed E-state index contributed by atoms with van der Waals surface area (Å²) in [5.41, 5.74) is 0.332. The Kier molecular flexibility index (Phi) is 4.61. The molecule has 0 N–H and O–H groups in total. The van der Waals surface area contributed by atoms with E-state index >= 15 is 0 Å². The van der Waals surface area contributed by atoms with Gasteiger partial charge in [0.1, 0.15) is 18.0 Å². The molecule has 1 heterocycles. The number of carbonyl (C=O) groups excluding carboxylic acids is 2. The molecule has 108 valence electrons. The van der Waals surface area contributed by atoms with E-state index in [4.69, 9.17) is 4.74 Å². The van der Waals surface area contributed by atoms with Crippen LogP contribution in [-0.2, 0) is 11.3 Å². The Balaban J connectivity index is 2.30. The van der Waals surface area contributed by atoms with Crippen molar-refractivity contribution in [2.45, 2.75) is 6.61 Å². The van der Waals surface area contributed by atoms with Gasteiger partial charge in [0.15, 0.2) is 6.29 Å². The van der Waals surface area contributed by atoms with Gasteiger partial charge in [-0.3, -0.25) is 4.79 Å². The molecular formula is C15H12FNO4. The molecule has 0 radical (unpaired) electrons. The van der Waals surface area contributed by atoms with Crippen LogP contribution < -0.4 is 4.74 Å². The molecule has 5 nitrogen and oxygen atoms in total. The van der Waals surface area contributed by atoms with E-state index in [1.165, 1.54) is 25.4 Å². The van der Waals surface area contributed by atoms with Crippen LogP contribution in [0, 0.1) is 5.82 Å². The first-order valence-electron chi connectivity index (χ1n) is 6.06. The van der Waals surface area contributed by atoms with E-state index in [2.05, 4.69) is 9.72 Å². The van der Waals surface area contributed by atoms with Crippen molar-refractivity contribution < 1.29 is 23.5 Å². The Morgan fingerprint density at radius 3 is 2.76 bits per heavy atom. The van der Waals surface area contributed by atoms with Crippen molar-refractivity contribution >= 4 is 12.3 Å². The summed E-state index contributed by atoms with van der Waals surface area (Å²) in [7, 11) is 1.19. The summed E-state index contributed by atoms with van der Waals surface area (Å²) in [6.45, 7) is -0.119. The number of halogens is 1. The Labute approximate surface area is 120 Å². The first-order valence-corrected chi connectivity index (χ1v) is 6.06. The van der Waals surface area contributed by atoms with E-state index < -0.39 is 11.8 Å². The summed E-state index contributed by atoms with van der Waals surface area (Å²) in [5, 5.41) is 0. The molecule has 0 bridgehead atoms. The van der Waals surface area contributed by atoms with Crippen molar-refractivity contribution in [2.24, 2.45) is 0 Å². The van der Waals surface area contributed by atoms with Gasteiger partial charge in [-0.05, 0) is 12.1 Å². The van der Waals surface area contributed by atoms with Gasteiger partial charge < -0.3 is 9.47 Å². The molecule has 0 fully saturated rings. The third-order valence-electron chi connectivity index (χ3n) is 2.79. The highest BCUT2D eigenvalue weighted by Gasteiger charge is 2.19. The van der Waals surface area contributed by atoms with Crippen LogP contribution in [0.3, 0.4) is 0 Å². The van der Waals surface area contributed by atoms with Gasteiger partial charge in [0, 0.05) is 17.3 Å².